The van der Waals surface area contributed by atoms with E-state index in [1.807, 2.05) is 64.8 Å². The van der Waals surface area contributed by atoms with E-state index in [9.17, 15) is 31.0 Å². The number of anilines is 8. The summed E-state index contributed by atoms with van der Waals surface area (Å²) in [5.41, 5.74) is 5.52. The highest BCUT2D eigenvalue weighted by Crippen LogP contribution is 2.42. The van der Waals surface area contributed by atoms with Gasteiger partial charge in [-0.15, -0.1) is 5.11 Å². The summed E-state index contributed by atoms with van der Waals surface area (Å²) in [6.07, 6.45) is 0. The molecular weight excluding hydrogens is 911 g/mol. The van der Waals surface area contributed by atoms with Crippen molar-refractivity contribution in [1.82, 2.24) is 15.0 Å². The number of ether oxygens (including phenoxy) is 2. The Hall–Kier alpha value is -5.98. The van der Waals surface area contributed by atoms with Gasteiger partial charge in [-0.2, -0.15) is 36.9 Å². The van der Waals surface area contributed by atoms with Crippen molar-refractivity contribution in [1.29, 1.82) is 0 Å². The van der Waals surface area contributed by atoms with Crippen LogP contribution in [0.25, 0.3) is 0 Å². The maximum atomic E-state index is 12.0. The number of aliphatic hydroxyl groups is 1. The fourth-order valence-corrected chi connectivity index (χ4v) is 8.36. The van der Waals surface area contributed by atoms with Gasteiger partial charge in [-0.05, 0) is 89.1 Å². The molecule has 0 saturated heterocycles. The number of nitrogens with one attached hydrogen (secondary N) is 3. The predicted molar refractivity (Wildman–Crippen MR) is 260 cm³/mol. The second-order valence-corrected chi connectivity index (χ2v) is 18.5. The number of azo groups is 1. The Morgan fingerprint density at radius 2 is 1.17 bits per heavy atom. The van der Waals surface area contributed by atoms with Crippen LogP contribution in [0.15, 0.2) is 85.8 Å². The maximum Gasteiger partial charge on any atom is 0.294 e. The Balaban J connectivity index is 1.63. The standard InChI is InChI=1S/C43H57N11O9S3/c1-10-53(11-2)37-22-33(34(24-39(37)62-8)51-50-32-21-30(66(59,60)61)17-15-28(32)6)45-41-47-42(49-43(48-41)64-19-18-55)46-35-23-38(54(12-3)13-4)40(63-9)25-36(35)52(7)26-44-31-20-29(65(56,57)58)16-14-27(31)5/h14-17,20-25,44,55H,10-13,18-19,26H2,1-9H3,(H,56,57,58)(H,59,60,61)(H2,45,46,47,48,49). The second-order valence-electron chi connectivity index (χ2n) is 14.6. The number of hydrogen-bond donors (Lipinski definition) is 6. The molecule has 0 aliphatic heterocycles. The van der Waals surface area contributed by atoms with Crippen molar-refractivity contribution in [2.45, 2.75) is 56.5 Å². The van der Waals surface area contributed by atoms with E-state index in [1.54, 1.807) is 33.3 Å². The fourth-order valence-electron chi connectivity index (χ4n) is 6.78. The van der Waals surface area contributed by atoms with Crippen molar-refractivity contribution >= 4 is 89.4 Å². The topological polar surface area (TPSA) is 257 Å². The number of aliphatic hydroxyl groups excluding tert-OH is 1. The summed E-state index contributed by atoms with van der Waals surface area (Å²) in [6.45, 7) is 14.3. The lowest BCUT2D eigenvalue weighted by molar-refractivity contribution is 0.322. The van der Waals surface area contributed by atoms with Gasteiger partial charge in [0.25, 0.3) is 20.2 Å². The van der Waals surface area contributed by atoms with Crippen molar-refractivity contribution in [3.63, 3.8) is 0 Å². The molecule has 5 aromatic rings. The highest BCUT2D eigenvalue weighted by molar-refractivity contribution is 7.99. The van der Waals surface area contributed by atoms with Gasteiger partial charge in [0.15, 0.2) is 5.16 Å². The number of nitrogens with zero attached hydrogens (tertiary/aromatic N) is 8. The number of hydrogen-bond acceptors (Lipinski definition) is 19. The molecule has 356 valence electrons. The largest absolute Gasteiger partial charge is 0.495 e. The van der Waals surface area contributed by atoms with E-state index in [0.717, 1.165) is 16.9 Å². The molecule has 6 N–H and O–H groups in total. The number of rotatable bonds is 23. The first-order valence-electron chi connectivity index (χ1n) is 20.9. The Morgan fingerprint density at radius 3 is 1.71 bits per heavy atom. The van der Waals surface area contributed by atoms with E-state index in [-0.39, 0.29) is 57.2 Å². The molecule has 4 aromatic carbocycles. The quantitative estimate of drug-likeness (QED) is 0.0156. The average molecular weight is 968 g/mol. The molecule has 0 unspecified atom stereocenters. The highest BCUT2D eigenvalue weighted by Gasteiger charge is 2.22. The van der Waals surface area contributed by atoms with Crippen molar-refractivity contribution < 1.29 is 40.5 Å². The minimum atomic E-state index is -4.51. The van der Waals surface area contributed by atoms with Crippen LogP contribution in [0.2, 0.25) is 0 Å². The Morgan fingerprint density at radius 1 is 0.652 bits per heavy atom. The van der Waals surface area contributed by atoms with Crippen LogP contribution in [0.3, 0.4) is 0 Å². The Bertz CT molecular complexity index is 2760. The summed E-state index contributed by atoms with van der Waals surface area (Å²) >= 11 is 1.21. The summed E-state index contributed by atoms with van der Waals surface area (Å²) in [4.78, 5) is 19.7. The Kier molecular flexibility index (Phi) is 17.4. The van der Waals surface area contributed by atoms with E-state index in [2.05, 4.69) is 41.0 Å². The van der Waals surface area contributed by atoms with Gasteiger partial charge in [0.2, 0.25) is 11.9 Å². The molecule has 1 heterocycles. The van der Waals surface area contributed by atoms with Crippen LogP contribution in [-0.2, 0) is 20.2 Å². The summed E-state index contributed by atoms with van der Waals surface area (Å²) in [6, 6.07) is 15.7. The molecule has 0 amide bonds. The van der Waals surface area contributed by atoms with E-state index in [4.69, 9.17) is 19.4 Å². The van der Waals surface area contributed by atoms with Gasteiger partial charge in [0, 0.05) is 56.8 Å². The molecule has 0 bridgehead atoms. The summed E-state index contributed by atoms with van der Waals surface area (Å²) in [7, 11) is -3.98. The van der Waals surface area contributed by atoms with Crippen LogP contribution in [0.5, 0.6) is 11.5 Å². The SMILES string of the molecule is CCN(CC)c1cc(Nc2nc(Nc3cc(N(CC)CC)c(OC)cc3N(C)CNc3cc(S(=O)(=O)O)ccc3C)nc(SCCO)n2)c(N=Nc2cc(S(=O)(=O)O)ccc2C)cc1OC. The van der Waals surface area contributed by atoms with Crippen molar-refractivity contribution in [3.8, 4) is 11.5 Å². The molecule has 5 rings (SSSR count). The minimum Gasteiger partial charge on any atom is -0.495 e. The molecule has 0 saturated carbocycles. The third-order valence-corrected chi connectivity index (χ3v) is 12.9. The zero-order valence-electron chi connectivity index (χ0n) is 38.3. The number of aryl methyl sites for hydroxylation is 2. The van der Waals surface area contributed by atoms with Crippen LogP contribution < -0.4 is 40.1 Å². The molecule has 1 aromatic heterocycles. The van der Waals surface area contributed by atoms with E-state index in [0.29, 0.717) is 66.0 Å². The van der Waals surface area contributed by atoms with Crippen molar-refractivity contribution in [3.05, 3.63) is 71.8 Å². The van der Waals surface area contributed by atoms with E-state index < -0.39 is 20.2 Å². The van der Waals surface area contributed by atoms with Crippen LogP contribution in [-0.4, -0.2) is 112 Å². The highest BCUT2D eigenvalue weighted by atomic mass is 32.2. The summed E-state index contributed by atoms with van der Waals surface area (Å²) < 4.78 is 79.0. The molecular formula is C43H57N11O9S3. The normalized spacial score (nSPS) is 11.7. The molecule has 0 fully saturated rings. The number of methoxy groups -OCH3 is 2. The monoisotopic (exact) mass is 967 g/mol. The molecule has 0 aliphatic carbocycles. The van der Waals surface area contributed by atoms with Gasteiger partial charge < -0.3 is 45.2 Å². The zero-order chi connectivity index (χ0) is 48.3. The first-order valence-corrected chi connectivity index (χ1v) is 24.7. The molecule has 0 radical (unpaired) electrons. The second kappa shape index (κ2) is 22.5. The Labute approximate surface area is 390 Å². The lowest BCUT2D eigenvalue weighted by atomic mass is 10.1. The number of benzene rings is 4. The van der Waals surface area contributed by atoms with Crippen LogP contribution >= 0.6 is 11.8 Å². The smallest absolute Gasteiger partial charge is 0.294 e. The average Bonchev–Trinajstić information content (AvgIpc) is 3.28. The van der Waals surface area contributed by atoms with Gasteiger partial charge in [-0.25, -0.2) is 0 Å². The molecule has 23 heteroatoms. The lowest BCUT2D eigenvalue weighted by Crippen LogP contribution is -2.27. The van der Waals surface area contributed by atoms with Gasteiger partial charge in [0.05, 0.1) is 71.4 Å². The van der Waals surface area contributed by atoms with Crippen LogP contribution in [0.1, 0.15) is 38.8 Å². The third-order valence-electron chi connectivity index (χ3n) is 10.4. The summed E-state index contributed by atoms with van der Waals surface area (Å²) in [5, 5.41) is 29.0. The molecule has 66 heavy (non-hydrogen) atoms. The van der Waals surface area contributed by atoms with Crippen LogP contribution in [0, 0.1) is 13.8 Å². The maximum absolute atomic E-state index is 12.0. The zero-order valence-corrected chi connectivity index (χ0v) is 40.8. The number of aromatic nitrogens is 3. The van der Waals surface area contributed by atoms with Crippen molar-refractivity contribution in [2.24, 2.45) is 10.2 Å². The molecule has 0 atom stereocenters. The van der Waals surface area contributed by atoms with Crippen LogP contribution in [0.4, 0.5) is 57.4 Å². The third kappa shape index (κ3) is 12.7. The molecule has 20 nitrogen and oxygen atoms in total. The predicted octanol–water partition coefficient (Wildman–Crippen LogP) is 8.18. The first kappa shape index (κ1) is 51.0. The lowest BCUT2D eigenvalue weighted by Gasteiger charge is -2.29. The summed E-state index contributed by atoms with van der Waals surface area (Å²) in [5.74, 6) is 1.62. The number of thioether (sulfide) groups is 1. The molecule has 0 aliphatic rings. The van der Waals surface area contributed by atoms with Gasteiger partial charge in [-0.3, -0.25) is 9.11 Å². The van der Waals surface area contributed by atoms with E-state index in [1.165, 1.54) is 42.1 Å². The molecule has 0 spiro atoms. The van der Waals surface area contributed by atoms with Gasteiger partial charge >= 0.3 is 0 Å². The van der Waals surface area contributed by atoms with E-state index >= 15 is 0 Å². The van der Waals surface area contributed by atoms with Gasteiger partial charge in [-0.1, -0.05) is 23.9 Å². The fraction of sp³-hybridized carbons (Fsp3) is 0.372. The van der Waals surface area contributed by atoms with Crippen molar-refractivity contribution in [2.75, 3.05) is 97.1 Å². The first-order chi connectivity index (χ1) is 31.4. The van der Waals surface area contributed by atoms with Gasteiger partial charge in [0.1, 0.15) is 17.2 Å². The minimum absolute atomic E-state index is 0.104.